The molecule has 2 aromatic carbocycles. The number of rotatable bonds is 7. The van der Waals surface area contributed by atoms with Crippen LogP contribution in [0.4, 0.5) is 0 Å². The van der Waals surface area contributed by atoms with E-state index in [4.69, 9.17) is 21.1 Å². The molecule has 122 valence electrons. The number of carbonyl (C=O) groups is 1. The number of benzene rings is 2. The minimum absolute atomic E-state index is 0.175. The molecule has 0 aromatic heterocycles. The van der Waals surface area contributed by atoms with Crippen molar-refractivity contribution >= 4 is 17.5 Å². The molecule has 0 saturated heterocycles. The van der Waals surface area contributed by atoms with Gasteiger partial charge < -0.3 is 14.8 Å². The molecule has 0 aliphatic carbocycles. The number of carbonyl (C=O) groups excluding carboxylic acids is 1. The number of ether oxygens (including phenoxy) is 2. The Morgan fingerprint density at radius 3 is 2.61 bits per heavy atom. The fraction of sp³-hybridized carbons (Fsp3) is 0.278. The van der Waals surface area contributed by atoms with E-state index in [-0.39, 0.29) is 5.91 Å². The second-order valence-corrected chi connectivity index (χ2v) is 5.61. The average molecular weight is 334 g/mol. The molecule has 2 aromatic rings. The van der Waals surface area contributed by atoms with Crippen molar-refractivity contribution in [2.24, 2.45) is 0 Å². The SMILES string of the molecule is Cc1cccc(OC(C)C(=O)NCCOc2ccc(Cl)cc2)c1. The van der Waals surface area contributed by atoms with E-state index in [0.29, 0.717) is 29.7 Å². The van der Waals surface area contributed by atoms with Crippen molar-refractivity contribution in [3.63, 3.8) is 0 Å². The molecule has 0 heterocycles. The van der Waals surface area contributed by atoms with Crippen molar-refractivity contribution in [3.8, 4) is 11.5 Å². The van der Waals surface area contributed by atoms with Crippen molar-refractivity contribution in [3.05, 3.63) is 59.1 Å². The Morgan fingerprint density at radius 1 is 1.17 bits per heavy atom. The second-order valence-electron chi connectivity index (χ2n) is 5.17. The van der Waals surface area contributed by atoms with Crippen LogP contribution in [0.2, 0.25) is 5.02 Å². The van der Waals surface area contributed by atoms with E-state index >= 15 is 0 Å². The minimum atomic E-state index is -0.563. The summed E-state index contributed by atoms with van der Waals surface area (Å²) in [5, 5.41) is 3.44. The van der Waals surface area contributed by atoms with Crippen LogP contribution in [0.5, 0.6) is 11.5 Å². The number of hydrogen-bond donors (Lipinski definition) is 1. The van der Waals surface area contributed by atoms with Crippen molar-refractivity contribution < 1.29 is 14.3 Å². The van der Waals surface area contributed by atoms with Gasteiger partial charge in [-0.1, -0.05) is 23.7 Å². The Labute approximate surface area is 141 Å². The lowest BCUT2D eigenvalue weighted by Crippen LogP contribution is -2.38. The quantitative estimate of drug-likeness (QED) is 0.787. The molecule has 2 rings (SSSR count). The summed E-state index contributed by atoms with van der Waals surface area (Å²) >= 11 is 5.80. The number of nitrogens with one attached hydrogen (secondary N) is 1. The molecule has 4 nitrogen and oxygen atoms in total. The van der Waals surface area contributed by atoms with Crippen LogP contribution in [0.25, 0.3) is 0 Å². The molecule has 1 N–H and O–H groups in total. The monoisotopic (exact) mass is 333 g/mol. The molecule has 0 aliphatic heterocycles. The summed E-state index contributed by atoms with van der Waals surface area (Å²) in [4.78, 5) is 12.0. The lowest BCUT2D eigenvalue weighted by Gasteiger charge is -2.15. The first-order valence-corrected chi connectivity index (χ1v) is 7.82. The summed E-state index contributed by atoms with van der Waals surface area (Å²) in [6, 6.07) is 14.7. The van der Waals surface area contributed by atoms with E-state index in [9.17, 15) is 4.79 Å². The van der Waals surface area contributed by atoms with Gasteiger partial charge in [-0.15, -0.1) is 0 Å². The second kappa shape index (κ2) is 8.44. The molecule has 0 fully saturated rings. The van der Waals surface area contributed by atoms with Gasteiger partial charge in [0.15, 0.2) is 6.10 Å². The Balaban J connectivity index is 1.70. The third-order valence-electron chi connectivity index (χ3n) is 3.16. The highest BCUT2D eigenvalue weighted by Gasteiger charge is 2.14. The van der Waals surface area contributed by atoms with Gasteiger partial charge in [0.05, 0.1) is 6.54 Å². The summed E-state index contributed by atoms with van der Waals surface area (Å²) in [5.74, 6) is 1.23. The van der Waals surface area contributed by atoms with Crippen LogP contribution in [0.3, 0.4) is 0 Å². The number of halogens is 1. The number of aryl methyl sites for hydroxylation is 1. The van der Waals surface area contributed by atoms with E-state index in [2.05, 4.69) is 5.32 Å². The first-order valence-electron chi connectivity index (χ1n) is 7.44. The zero-order valence-corrected chi connectivity index (χ0v) is 14.0. The summed E-state index contributed by atoms with van der Waals surface area (Å²) in [5.41, 5.74) is 1.09. The maximum absolute atomic E-state index is 12.0. The molecule has 1 unspecified atom stereocenters. The van der Waals surface area contributed by atoms with E-state index in [0.717, 1.165) is 5.56 Å². The summed E-state index contributed by atoms with van der Waals surface area (Å²) < 4.78 is 11.1. The Bertz CT molecular complexity index is 643. The van der Waals surface area contributed by atoms with Crippen LogP contribution >= 0.6 is 11.6 Å². The van der Waals surface area contributed by atoms with Gasteiger partial charge in [0.2, 0.25) is 0 Å². The van der Waals surface area contributed by atoms with E-state index in [1.165, 1.54) is 0 Å². The molecule has 0 bridgehead atoms. The highest BCUT2D eigenvalue weighted by Crippen LogP contribution is 2.15. The molecule has 1 atom stereocenters. The largest absolute Gasteiger partial charge is 0.492 e. The molecular formula is C18H20ClNO3. The van der Waals surface area contributed by atoms with Crippen molar-refractivity contribution in [1.82, 2.24) is 5.32 Å². The molecule has 0 spiro atoms. The van der Waals surface area contributed by atoms with Gasteiger partial charge in [-0.05, 0) is 55.8 Å². The Kier molecular flexibility index (Phi) is 6.29. The molecular weight excluding hydrogens is 314 g/mol. The smallest absolute Gasteiger partial charge is 0.260 e. The first kappa shape index (κ1) is 17.2. The zero-order chi connectivity index (χ0) is 16.7. The Hall–Kier alpha value is -2.20. The van der Waals surface area contributed by atoms with E-state index < -0.39 is 6.10 Å². The van der Waals surface area contributed by atoms with Gasteiger partial charge in [0.25, 0.3) is 5.91 Å². The normalized spacial score (nSPS) is 11.6. The summed E-state index contributed by atoms with van der Waals surface area (Å²) in [6.45, 7) is 4.48. The topological polar surface area (TPSA) is 47.6 Å². The van der Waals surface area contributed by atoms with E-state index in [1.54, 1.807) is 31.2 Å². The number of hydrogen-bond acceptors (Lipinski definition) is 3. The fourth-order valence-corrected chi connectivity index (χ4v) is 2.09. The Morgan fingerprint density at radius 2 is 1.91 bits per heavy atom. The molecule has 23 heavy (non-hydrogen) atoms. The molecule has 5 heteroatoms. The maximum Gasteiger partial charge on any atom is 0.260 e. The van der Waals surface area contributed by atoms with Crippen LogP contribution in [-0.4, -0.2) is 25.2 Å². The summed E-state index contributed by atoms with van der Waals surface area (Å²) in [7, 11) is 0. The van der Waals surface area contributed by atoms with Gasteiger partial charge in [-0.3, -0.25) is 4.79 Å². The lowest BCUT2D eigenvalue weighted by molar-refractivity contribution is -0.127. The van der Waals surface area contributed by atoms with Gasteiger partial charge >= 0.3 is 0 Å². The van der Waals surface area contributed by atoms with Crippen LogP contribution in [0.15, 0.2) is 48.5 Å². The zero-order valence-electron chi connectivity index (χ0n) is 13.2. The third-order valence-corrected chi connectivity index (χ3v) is 3.41. The fourth-order valence-electron chi connectivity index (χ4n) is 1.96. The number of amides is 1. The third kappa shape index (κ3) is 5.83. The summed E-state index contributed by atoms with van der Waals surface area (Å²) in [6.07, 6.45) is -0.563. The maximum atomic E-state index is 12.0. The van der Waals surface area contributed by atoms with Crippen molar-refractivity contribution in [2.75, 3.05) is 13.2 Å². The molecule has 0 radical (unpaired) electrons. The van der Waals surface area contributed by atoms with Gasteiger partial charge in [-0.25, -0.2) is 0 Å². The van der Waals surface area contributed by atoms with E-state index in [1.807, 2.05) is 31.2 Å². The minimum Gasteiger partial charge on any atom is -0.492 e. The molecule has 0 aliphatic rings. The van der Waals surface area contributed by atoms with Crippen LogP contribution < -0.4 is 14.8 Å². The van der Waals surface area contributed by atoms with Crippen molar-refractivity contribution in [1.29, 1.82) is 0 Å². The van der Waals surface area contributed by atoms with Gasteiger partial charge in [0, 0.05) is 5.02 Å². The van der Waals surface area contributed by atoms with Gasteiger partial charge in [0.1, 0.15) is 18.1 Å². The van der Waals surface area contributed by atoms with Crippen LogP contribution in [0, 0.1) is 6.92 Å². The lowest BCUT2D eigenvalue weighted by atomic mass is 10.2. The van der Waals surface area contributed by atoms with Crippen LogP contribution in [-0.2, 0) is 4.79 Å². The standard InChI is InChI=1S/C18H20ClNO3/c1-13-4-3-5-17(12-13)23-14(2)18(21)20-10-11-22-16-8-6-15(19)7-9-16/h3-9,12,14H,10-11H2,1-2H3,(H,20,21). The molecule has 1 amide bonds. The predicted molar refractivity (Wildman–Crippen MR) is 91.2 cm³/mol. The van der Waals surface area contributed by atoms with Gasteiger partial charge in [-0.2, -0.15) is 0 Å². The highest BCUT2D eigenvalue weighted by atomic mass is 35.5. The average Bonchev–Trinajstić information content (AvgIpc) is 2.53. The molecule has 0 saturated carbocycles. The highest BCUT2D eigenvalue weighted by molar-refractivity contribution is 6.30. The van der Waals surface area contributed by atoms with Crippen molar-refractivity contribution in [2.45, 2.75) is 20.0 Å². The van der Waals surface area contributed by atoms with Crippen LogP contribution in [0.1, 0.15) is 12.5 Å². The first-order chi connectivity index (χ1) is 11.0. The predicted octanol–water partition coefficient (Wildman–Crippen LogP) is 3.61.